The first-order chi connectivity index (χ1) is 15.7. The van der Waals surface area contributed by atoms with Crippen molar-refractivity contribution in [2.24, 2.45) is 13.0 Å². The van der Waals surface area contributed by atoms with E-state index in [0.717, 1.165) is 28.9 Å². The third-order valence-electron chi connectivity index (χ3n) is 6.33. The van der Waals surface area contributed by atoms with Gasteiger partial charge in [-0.1, -0.05) is 54.4 Å². The van der Waals surface area contributed by atoms with Crippen LogP contribution in [0.25, 0.3) is 11.2 Å². The zero-order valence-electron chi connectivity index (χ0n) is 19.2. The molecular formula is C25H26ClN5O2. The fraction of sp³-hybridized carbons (Fsp3) is 0.320. The van der Waals surface area contributed by atoms with E-state index in [9.17, 15) is 9.59 Å². The summed E-state index contributed by atoms with van der Waals surface area (Å²) in [6.07, 6.45) is 0. The molecule has 1 aliphatic rings. The van der Waals surface area contributed by atoms with Crippen LogP contribution in [0.5, 0.6) is 0 Å². The van der Waals surface area contributed by atoms with Gasteiger partial charge < -0.3 is 9.47 Å². The van der Waals surface area contributed by atoms with Gasteiger partial charge in [0, 0.05) is 30.8 Å². The highest BCUT2D eigenvalue weighted by Gasteiger charge is 2.30. The molecule has 0 radical (unpaired) electrons. The highest BCUT2D eigenvalue weighted by molar-refractivity contribution is 6.30. The Bertz CT molecular complexity index is 1510. The van der Waals surface area contributed by atoms with Crippen LogP contribution in [-0.4, -0.2) is 25.2 Å². The van der Waals surface area contributed by atoms with E-state index in [1.807, 2.05) is 60.9 Å². The summed E-state index contributed by atoms with van der Waals surface area (Å²) < 4.78 is 4.74. The number of nitrogens with zero attached hydrogens (tertiary/aromatic N) is 5. The molecule has 3 heterocycles. The van der Waals surface area contributed by atoms with Crippen LogP contribution in [0.4, 0.5) is 11.6 Å². The SMILES string of the molecule is Cc1cccc(Cn2c(=O)c3c(nc4n3CC(C)CN4c3cc(Cl)ccc3C)n(C)c2=O)c1. The summed E-state index contributed by atoms with van der Waals surface area (Å²) >= 11 is 6.31. The Morgan fingerprint density at radius 3 is 2.64 bits per heavy atom. The molecule has 0 bridgehead atoms. The molecule has 8 heteroatoms. The summed E-state index contributed by atoms with van der Waals surface area (Å²) in [7, 11) is 1.67. The maximum atomic E-state index is 13.6. The molecule has 7 nitrogen and oxygen atoms in total. The summed E-state index contributed by atoms with van der Waals surface area (Å²) in [4.78, 5) is 33.7. The van der Waals surface area contributed by atoms with Gasteiger partial charge in [-0.2, -0.15) is 4.98 Å². The predicted molar refractivity (Wildman–Crippen MR) is 132 cm³/mol. The molecule has 1 atom stereocenters. The van der Waals surface area contributed by atoms with Crippen molar-refractivity contribution in [3.63, 3.8) is 0 Å². The van der Waals surface area contributed by atoms with Crippen molar-refractivity contribution in [1.82, 2.24) is 18.7 Å². The van der Waals surface area contributed by atoms with Crippen LogP contribution >= 0.6 is 11.6 Å². The number of anilines is 2. The van der Waals surface area contributed by atoms with E-state index in [1.54, 1.807) is 7.05 Å². The molecule has 0 saturated heterocycles. The lowest BCUT2D eigenvalue weighted by molar-refractivity contribution is 0.457. The Balaban J connectivity index is 1.74. The quantitative estimate of drug-likeness (QED) is 0.460. The smallest absolute Gasteiger partial charge is 0.311 e. The van der Waals surface area contributed by atoms with Gasteiger partial charge in [-0.3, -0.25) is 13.9 Å². The van der Waals surface area contributed by atoms with Crippen LogP contribution < -0.4 is 16.1 Å². The molecule has 0 saturated carbocycles. The van der Waals surface area contributed by atoms with Gasteiger partial charge in [-0.25, -0.2) is 4.79 Å². The van der Waals surface area contributed by atoms with Crippen LogP contribution in [0, 0.1) is 19.8 Å². The van der Waals surface area contributed by atoms with Gasteiger partial charge in [-0.05, 0) is 43.0 Å². The van der Waals surface area contributed by atoms with Crippen molar-refractivity contribution in [3.8, 4) is 0 Å². The second kappa shape index (κ2) is 7.92. The van der Waals surface area contributed by atoms with Crippen LogP contribution in [0.2, 0.25) is 5.02 Å². The van der Waals surface area contributed by atoms with E-state index in [1.165, 1.54) is 9.13 Å². The molecule has 2 aromatic carbocycles. The molecule has 5 rings (SSSR count). The predicted octanol–water partition coefficient (Wildman–Crippen LogP) is 4.00. The van der Waals surface area contributed by atoms with E-state index in [2.05, 4.69) is 11.8 Å². The van der Waals surface area contributed by atoms with Gasteiger partial charge in [0.15, 0.2) is 11.2 Å². The standard InChI is InChI=1S/C25H26ClN5O2/c1-15-6-5-7-18(10-15)14-31-23(32)21-22(28(4)25(31)33)27-24-29(12-16(2)13-30(21)24)20-11-19(26)9-8-17(20)3/h5-11,16H,12-14H2,1-4H3. The topological polar surface area (TPSA) is 65.1 Å². The molecule has 0 amide bonds. The number of benzene rings is 2. The Labute approximate surface area is 196 Å². The Morgan fingerprint density at radius 1 is 1.09 bits per heavy atom. The molecule has 0 N–H and O–H groups in total. The molecular weight excluding hydrogens is 438 g/mol. The third-order valence-corrected chi connectivity index (χ3v) is 6.56. The minimum atomic E-state index is -0.372. The van der Waals surface area contributed by atoms with Crippen LogP contribution in [0.15, 0.2) is 52.1 Å². The summed E-state index contributed by atoms with van der Waals surface area (Å²) in [6.45, 7) is 7.79. The zero-order chi connectivity index (χ0) is 23.4. The number of hydrogen-bond donors (Lipinski definition) is 0. The van der Waals surface area contributed by atoms with Gasteiger partial charge in [0.1, 0.15) is 0 Å². The Hall–Kier alpha value is -3.32. The first kappa shape index (κ1) is 21.5. The van der Waals surface area contributed by atoms with Crippen molar-refractivity contribution in [2.45, 2.75) is 33.9 Å². The van der Waals surface area contributed by atoms with E-state index in [0.29, 0.717) is 28.7 Å². The maximum absolute atomic E-state index is 13.6. The van der Waals surface area contributed by atoms with Gasteiger partial charge >= 0.3 is 5.69 Å². The Morgan fingerprint density at radius 2 is 1.88 bits per heavy atom. The molecule has 0 aliphatic carbocycles. The van der Waals surface area contributed by atoms with Crippen molar-refractivity contribution < 1.29 is 0 Å². The van der Waals surface area contributed by atoms with Crippen LogP contribution in [0.3, 0.4) is 0 Å². The van der Waals surface area contributed by atoms with Crippen LogP contribution in [-0.2, 0) is 20.1 Å². The molecule has 170 valence electrons. The normalized spacial score (nSPS) is 15.8. The molecule has 1 aliphatic heterocycles. The van der Waals surface area contributed by atoms with E-state index >= 15 is 0 Å². The molecule has 2 aromatic heterocycles. The van der Waals surface area contributed by atoms with Crippen molar-refractivity contribution in [1.29, 1.82) is 0 Å². The van der Waals surface area contributed by atoms with Crippen molar-refractivity contribution in [3.05, 3.63) is 85.0 Å². The van der Waals surface area contributed by atoms with Gasteiger partial charge in [-0.15, -0.1) is 0 Å². The first-order valence-electron chi connectivity index (χ1n) is 11.0. The summed E-state index contributed by atoms with van der Waals surface area (Å²) in [5, 5.41) is 0.643. The number of imidazole rings is 1. The van der Waals surface area contributed by atoms with E-state index < -0.39 is 0 Å². The van der Waals surface area contributed by atoms with Crippen molar-refractivity contribution >= 4 is 34.4 Å². The first-order valence-corrected chi connectivity index (χ1v) is 11.4. The fourth-order valence-electron chi connectivity index (χ4n) is 4.71. The summed E-state index contributed by atoms with van der Waals surface area (Å²) in [6, 6.07) is 13.6. The second-order valence-electron chi connectivity index (χ2n) is 9.06. The number of aromatic nitrogens is 4. The number of rotatable bonds is 3. The van der Waals surface area contributed by atoms with Gasteiger partial charge in [0.2, 0.25) is 5.95 Å². The summed E-state index contributed by atoms with van der Waals surface area (Å²) in [5.74, 6) is 0.934. The number of halogens is 1. The van der Waals surface area contributed by atoms with Gasteiger partial charge in [0.05, 0.1) is 6.54 Å². The monoisotopic (exact) mass is 463 g/mol. The lowest BCUT2D eigenvalue weighted by Gasteiger charge is -2.33. The lowest BCUT2D eigenvalue weighted by Crippen LogP contribution is -2.40. The second-order valence-corrected chi connectivity index (χ2v) is 9.50. The highest BCUT2D eigenvalue weighted by atomic mass is 35.5. The number of fused-ring (bicyclic) bond motifs is 3. The highest BCUT2D eigenvalue weighted by Crippen LogP contribution is 2.35. The molecule has 0 spiro atoms. The van der Waals surface area contributed by atoms with E-state index in [-0.39, 0.29) is 23.7 Å². The fourth-order valence-corrected chi connectivity index (χ4v) is 4.88. The molecule has 1 unspecified atom stereocenters. The lowest BCUT2D eigenvalue weighted by atomic mass is 10.1. The Kier molecular flexibility index (Phi) is 5.16. The summed E-state index contributed by atoms with van der Waals surface area (Å²) in [5.41, 5.74) is 4.19. The van der Waals surface area contributed by atoms with Gasteiger partial charge in [0.25, 0.3) is 5.56 Å². The van der Waals surface area contributed by atoms with Crippen molar-refractivity contribution in [2.75, 3.05) is 11.4 Å². The average Bonchev–Trinajstić information content (AvgIpc) is 3.16. The zero-order valence-corrected chi connectivity index (χ0v) is 19.9. The van der Waals surface area contributed by atoms with E-state index in [4.69, 9.17) is 16.6 Å². The largest absolute Gasteiger partial charge is 0.332 e. The molecule has 0 fully saturated rings. The average molecular weight is 464 g/mol. The molecule has 4 aromatic rings. The number of aryl methyl sites for hydroxylation is 3. The minimum Gasteiger partial charge on any atom is -0.311 e. The number of hydrogen-bond acceptors (Lipinski definition) is 4. The molecule has 33 heavy (non-hydrogen) atoms. The third kappa shape index (κ3) is 3.56. The maximum Gasteiger partial charge on any atom is 0.332 e. The minimum absolute atomic E-state index is 0.219. The van der Waals surface area contributed by atoms with Crippen LogP contribution in [0.1, 0.15) is 23.6 Å².